The molecule has 3 fully saturated rings. The van der Waals surface area contributed by atoms with E-state index in [0.29, 0.717) is 10.0 Å². The first kappa shape index (κ1) is 11.3. The molecule has 86 valence electrons. The minimum atomic E-state index is -1.26. The molecule has 0 spiro atoms. The predicted octanol–water partition coefficient (Wildman–Crippen LogP) is 2.66. The van der Waals surface area contributed by atoms with Crippen LogP contribution in [0.5, 0.6) is 0 Å². The lowest BCUT2D eigenvalue weighted by Gasteiger charge is -2.60. The quantitative estimate of drug-likeness (QED) is 0.688. The van der Waals surface area contributed by atoms with E-state index in [1.807, 2.05) is 0 Å². The number of hydrogen-bond donors (Lipinski definition) is 1. The van der Waals surface area contributed by atoms with E-state index in [1.54, 1.807) is 12.3 Å². The molecule has 2 bridgehead atoms. The Hall–Kier alpha value is 0.190. The summed E-state index contributed by atoms with van der Waals surface area (Å²) in [5.41, 5.74) is 0.126. The maximum atomic E-state index is 12.1. The van der Waals surface area contributed by atoms with Gasteiger partial charge in [-0.1, -0.05) is 11.6 Å². The van der Waals surface area contributed by atoms with E-state index in [2.05, 4.69) is 25.6 Å². The van der Waals surface area contributed by atoms with Gasteiger partial charge in [-0.2, -0.15) is 0 Å². The summed E-state index contributed by atoms with van der Waals surface area (Å²) in [6, 6.07) is 1.75. The summed E-state index contributed by atoms with van der Waals surface area (Å²) in [6.45, 7) is 0. The maximum Gasteiger partial charge on any atom is 0.212 e. The molecule has 1 aromatic heterocycles. The fourth-order valence-corrected chi connectivity index (χ4v) is 4.38. The van der Waals surface area contributed by atoms with E-state index in [0.717, 1.165) is 29.7 Å². The van der Waals surface area contributed by atoms with Crippen molar-refractivity contribution in [2.75, 3.05) is 0 Å². The summed E-state index contributed by atoms with van der Waals surface area (Å²) in [5, 5.41) is 0.306. The van der Waals surface area contributed by atoms with Gasteiger partial charge in [0.25, 0.3) is 0 Å². The molecule has 1 unspecified atom stereocenters. The van der Waals surface area contributed by atoms with E-state index in [-0.39, 0.29) is 5.54 Å². The van der Waals surface area contributed by atoms with Gasteiger partial charge in [0.05, 0.1) is 16.9 Å². The van der Waals surface area contributed by atoms with Gasteiger partial charge in [0.15, 0.2) is 5.15 Å². The lowest BCUT2D eigenvalue weighted by molar-refractivity contribution is -0.0317. The van der Waals surface area contributed by atoms with E-state index in [9.17, 15) is 4.55 Å². The van der Waals surface area contributed by atoms with Crippen molar-refractivity contribution >= 4 is 38.9 Å². The van der Waals surface area contributed by atoms with Gasteiger partial charge >= 0.3 is 0 Å². The Bertz CT molecular complexity index is 428. The SMILES string of the molecule is [O-][S+](NC12CC(C1)C2)c1cc(Br)cnc1Cl. The van der Waals surface area contributed by atoms with Gasteiger partial charge < -0.3 is 4.55 Å². The third-order valence-electron chi connectivity index (χ3n) is 3.32. The Labute approximate surface area is 110 Å². The van der Waals surface area contributed by atoms with Crippen molar-refractivity contribution in [2.24, 2.45) is 5.92 Å². The van der Waals surface area contributed by atoms with Crippen LogP contribution in [0.25, 0.3) is 0 Å². The molecule has 1 N–H and O–H groups in total. The second kappa shape index (κ2) is 3.85. The molecular weight excluding hydrogens is 312 g/mol. The zero-order valence-electron chi connectivity index (χ0n) is 8.37. The van der Waals surface area contributed by atoms with Crippen LogP contribution >= 0.6 is 27.5 Å². The Kier molecular flexibility index (Phi) is 2.72. The number of rotatable bonds is 3. The van der Waals surface area contributed by atoms with Crippen LogP contribution in [0, 0.1) is 5.92 Å². The highest BCUT2D eigenvalue weighted by Crippen LogP contribution is 2.57. The van der Waals surface area contributed by atoms with Gasteiger partial charge in [0.2, 0.25) is 4.90 Å². The van der Waals surface area contributed by atoms with Gasteiger partial charge in [0, 0.05) is 16.7 Å². The minimum absolute atomic E-state index is 0.126. The number of aromatic nitrogens is 1. The average molecular weight is 322 g/mol. The summed E-state index contributed by atoms with van der Waals surface area (Å²) in [6.07, 6.45) is 5.05. The summed E-state index contributed by atoms with van der Waals surface area (Å²) >= 11 is 7.97. The van der Waals surface area contributed by atoms with Crippen molar-refractivity contribution in [1.82, 2.24) is 9.71 Å². The molecule has 0 aromatic carbocycles. The van der Waals surface area contributed by atoms with E-state index in [1.165, 1.54) is 0 Å². The minimum Gasteiger partial charge on any atom is -0.593 e. The fourth-order valence-electron chi connectivity index (χ4n) is 2.39. The highest BCUT2D eigenvalue weighted by Gasteiger charge is 2.59. The molecule has 16 heavy (non-hydrogen) atoms. The van der Waals surface area contributed by atoms with Gasteiger partial charge in [-0.3, -0.25) is 0 Å². The molecule has 3 saturated carbocycles. The van der Waals surface area contributed by atoms with Crippen molar-refractivity contribution in [1.29, 1.82) is 0 Å². The lowest BCUT2D eigenvalue weighted by Crippen LogP contribution is -2.67. The number of hydrogen-bond acceptors (Lipinski definition) is 3. The highest BCUT2D eigenvalue weighted by molar-refractivity contribution is 9.10. The average Bonchev–Trinajstić information content (AvgIpc) is 2.13. The van der Waals surface area contributed by atoms with Gasteiger partial charge in [-0.05, 0) is 41.1 Å². The Balaban J connectivity index is 1.77. The molecular formula is C10H10BrClN2OS. The molecule has 3 aliphatic carbocycles. The molecule has 0 aliphatic heterocycles. The molecule has 1 atom stereocenters. The lowest BCUT2D eigenvalue weighted by atomic mass is 9.50. The first-order valence-corrected chi connectivity index (χ1v) is 7.41. The zero-order chi connectivity index (χ0) is 11.3. The molecule has 3 aliphatic rings. The normalized spacial score (nSPS) is 32.8. The first-order chi connectivity index (χ1) is 7.58. The summed E-state index contributed by atoms with van der Waals surface area (Å²) in [4.78, 5) is 4.53. The second-order valence-electron chi connectivity index (χ2n) is 4.57. The van der Waals surface area contributed by atoms with Gasteiger partial charge in [0.1, 0.15) is 0 Å². The standard InChI is InChI=1S/C10H10BrClN2OS/c11-7-1-8(9(12)13-5-7)16(15)14-10-2-6(3-10)4-10/h1,5-6,14H,2-4H2. The van der Waals surface area contributed by atoms with Crippen LogP contribution in [0.3, 0.4) is 0 Å². The molecule has 0 amide bonds. The van der Waals surface area contributed by atoms with E-state index in [4.69, 9.17) is 11.6 Å². The van der Waals surface area contributed by atoms with Crippen LogP contribution in [0.2, 0.25) is 5.15 Å². The summed E-state index contributed by atoms with van der Waals surface area (Å²) < 4.78 is 16.1. The monoisotopic (exact) mass is 320 g/mol. The largest absolute Gasteiger partial charge is 0.593 e. The second-order valence-corrected chi connectivity index (χ2v) is 7.03. The van der Waals surface area contributed by atoms with Crippen LogP contribution in [0.1, 0.15) is 19.3 Å². The molecule has 0 saturated heterocycles. The van der Waals surface area contributed by atoms with Crippen molar-refractivity contribution in [3.63, 3.8) is 0 Å². The molecule has 1 heterocycles. The number of pyridine rings is 1. The van der Waals surface area contributed by atoms with E-state index < -0.39 is 11.4 Å². The van der Waals surface area contributed by atoms with Crippen LogP contribution in [0.4, 0.5) is 0 Å². The number of halogens is 2. The summed E-state index contributed by atoms with van der Waals surface area (Å²) in [5.74, 6) is 0.862. The highest BCUT2D eigenvalue weighted by atomic mass is 79.9. The van der Waals surface area contributed by atoms with Crippen LogP contribution in [0.15, 0.2) is 21.6 Å². The Morgan fingerprint density at radius 3 is 2.81 bits per heavy atom. The van der Waals surface area contributed by atoms with Crippen LogP contribution in [-0.2, 0) is 11.4 Å². The molecule has 1 aromatic rings. The van der Waals surface area contributed by atoms with Crippen molar-refractivity contribution in [3.8, 4) is 0 Å². The van der Waals surface area contributed by atoms with Crippen molar-refractivity contribution in [2.45, 2.75) is 29.7 Å². The smallest absolute Gasteiger partial charge is 0.212 e. The predicted molar refractivity (Wildman–Crippen MR) is 66.6 cm³/mol. The third-order valence-corrected chi connectivity index (χ3v) is 5.50. The Morgan fingerprint density at radius 1 is 1.56 bits per heavy atom. The first-order valence-electron chi connectivity index (χ1n) is 5.09. The number of nitrogens with one attached hydrogen (secondary N) is 1. The molecule has 6 heteroatoms. The van der Waals surface area contributed by atoms with Gasteiger partial charge in [-0.25, -0.2) is 4.98 Å². The molecule has 4 rings (SSSR count). The van der Waals surface area contributed by atoms with Gasteiger partial charge in [-0.15, -0.1) is 4.72 Å². The maximum absolute atomic E-state index is 12.1. The van der Waals surface area contributed by atoms with E-state index >= 15 is 0 Å². The third kappa shape index (κ3) is 1.78. The number of nitrogens with zero attached hydrogens (tertiary/aromatic N) is 1. The summed E-state index contributed by atoms with van der Waals surface area (Å²) in [7, 11) is 0. The fraction of sp³-hybridized carbons (Fsp3) is 0.500. The molecule has 0 radical (unpaired) electrons. The Morgan fingerprint density at radius 2 is 2.25 bits per heavy atom. The van der Waals surface area contributed by atoms with Crippen molar-refractivity contribution in [3.05, 3.63) is 21.9 Å². The van der Waals surface area contributed by atoms with Crippen LogP contribution in [-0.4, -0.2) is 15.1 Å². The molecule has 3 nitrogen and oxygen atoms in total. The topological polar surface area (TPSA) is 48.0 Å². The zero-order valence-corrected chi connectivity index (χ0v) is 11.5. The van der Waals surface area contributed by atoms with Crippen LogP contribution < -0.4 is 4.72 Å². The van der Waals surface area contributed by atoms with Crippen molar-refractivity contribution < 1.29 is 4.55 Å².